The number of nitrogens with zero attached hydrogens (tertiary/aromatic N) is 2. The zero-order chi connectivity index (χ0) is 19.9. The fraction of sp³-hybridized carbons (Fsp3) is 0.217. The first-order valence-corrected chi connectivity index (χ1v) is 8.68. The molecule has 0 unspecified atom stereocenters. The molecule has 2 rings (SSSR count). The van der Waals surface area contributed by atoms with E-state index in [1.165, 1.54) is 0 Å². The molecule has 2 aromatic carbocycles. The van der Waals surface area contributed by atoms with E-state index >= 15 is 0 Å². The Bertz CT molecular complexity index is 908. The van der Waals surface area contributed by atoms with Crippen LogP contribution >= 0.6 is 0 Å². The number of benzene rings is 2. The highest BCUT2D eigenvalue weighted by molar-refractivity contribution is 5.70. The maximum Gasteiger partial charge on any atom is 0.240 e. The van der Waals surface area contributed by atoms with Gasteiger partial charge in [0.05, 0.1) is 11.4 Å². The van der Waals surface area contributed by atoms with E-state index in [0.717, 1.165) is 22.3 Å². The number of isocyanates is 2. The van der Waals surface area contributed by atoms with Gasteiger partial charge in [-0.2, -0.15) is 9.98 Å². The Morgan fingerprint density at radius 1 is 0.778 bits per heavy atom. The van der Waals surface area contributed by atoms with Crippen molar-refractivity contribution in [3.05, 3.63) is 70.8 Å². The Kier molecular flexibility index (Phi) is 6.56. The third kappa shape index (κ3) is 4.45. The van der Waals surface area contributed by atoms with Gasteiger partial charge < -0.3 is 0 Å². The van der Waals surface area contributed by atoms with E-state index in [1.807, 2.05) is 74.5 Å². The number of aliphatic imine (C=N–C) groups is 2. The van der Waals surface area contributed by atoms with Gasteiger partial charge in [0.15, 0.2) is 0 Å². The van der Waals surface area contributed by atoms with Crippen LogP contribution < -0.4 is 0 Å². The molecule has 0 aliphatic heterocycles. The smallest absolute Gasteiger partial charge is 0.211 e. The van der Waals surface area contributed by atoms with Crippen LogP contribution in [0.5, 0.6) is 0 Å². The second-order valence-electron chi connectivity index (χ2n) is 6.58. The summed E-state index contributed by atoms with van der Waals surface area (Å²) in [5, 5.41) is 0. The minimum Gasteiger partial charge on any atom is -0.211 e. The van der Waals surface area contributed by atoms with Gasteiger partial charge >= 0.3 is 0 Å². The monoisotopic (exact) mass is 358 g/mol. The third-order valence-electron chi connectivity index (χ3n) is 4.52. The van der Waals surface area contributed by atoms with Crippen LogP contribution in [-0.2, 0) is 15.0 Å². The van der Waals surface area contributed by atoms with Crippen molar-refractivity contribution in [1.29, 1.82) is 0 Å². The van der Waals surface area contributed by atoms with Crippen molar-refractivity contribution in [3.8, 4) is 0 Å². The third-order valence-corrected chi connectivity index (χ3v) is 4.52. The summed E-state index contributed by atoms with van der Waals surface area (Å²) < 4.78 is 0. The molecular weight excluding hydrogens is 336 g/mol. The number of hydrogen-bond acceptors (Lipinski definition) is 4. The lowest BCUT2D eigenvalue weighted by atomic mass is 9.77. The van der Waals surface area contributed by atoms with E-state index in [1.54, 1.807) is 12.2 Å². The predicted molar refractivity (Wildman–Crippen MR) is 110 cm³/mol. The fourth-order valence-corrected chi connectivity index (χ4v) is 2.98. The topological polar surface area (TPSA) is 58.9 Å². The van der Waals surface area contributed by atoms with Gasteiger partial charge in [0, 0.05) is 16.5 Å². The zero-order valence-corrected chi connectivity index (χ0v) is 16.0. The predicted octanol–water partition coefficient (Wildman–Crippen LogP) is 6.01. The molecule has 27 heavy (non-hydrogen) atoms. The van der Waals surface area contributed by atoms with Gasteiger partial charge in [0.1, 0.15) is 0 Å². The first-order valence-electron chi connectivity index (χ1n) is 8.68. The van der Waals surface area contributed by atoms with Crippen molar-refractivity contribution in [2.75, 3.05) is 0 Å². The van der Waals surface area contributed by atoms with Gasteiger partial charge in [-0.15, -0.1) is 0 Å². The summed E-state index contributed by atoms with van der Waals surface area (Å²) in [6.07, 6.45) is 10.9. The standard InChI is InChI=1S/C23H22N2O2/c1-5-7-17-13-19(9-11-21(17)24-15-26)23(3,4)20-10-12-22(25-16-27)18(14-20)8-6-2/h5-14H,1-4H3/b7-5+,8-6+. The molecule has 4 heteroatoms. The second-order valence-corrected chi connectivity index (χ2v) is 6.58. The summed E-state index contributed by atoms with van der Waals surface area (Å²) in [4.78, 5) is 28.9. The molecule has 0 atom stereocenters. The van der Waals surface area contributed by atoms with Crippen molar-refractivity contribution < 1.29 is 9.59 Å². The lowest BCUT2D eigenvalue weighted by Crippen LogP contribution is -2.19. The molecule has 0 amide bonds. The Morgan fingerprint density at radius 3 is 1.52 bits per heavy atom. The largest absolute Gasteiger partial charge is 0.240 e. The first-order chi connectivity index (χ1) is 13.0. The van der Waals surface area contributed by atoms with Crippen LogP contribution in [0, 0.1) is 0 Å². The average Bonchev–Trinajstić information content (AvgIpc) is 2.65. The Balaban J connectivity index is 2.61. The minimum absolute atomic E-state index is 0.306. The van der Waals surface area contributed by atoms with Crippen molar-refractivity contribution in [2.45, 2.75) is 33.1 Å². The molecule has 0 heterocycles. The van der Waals surface area contributed by atoms with Crippen LogP contribution in [0.15, 0.2) is 58.5 Å². The van der Waals surface area contributed by atoms with Crippen molar-refractivity contribution in [3.63, 3.8) is 0 Å². The molecule has 0 fully saturated rings. The lowest BCUT2D eigenvalue weighted by Gasteiger charge is -2.27. The van der Waals surface area contributed by atoms with E-state index in [-0.39, 0.29) is 5.41 Å². The summed E-state index contributed by atoms with van der Waals surface area (Å²) in [5.41, 5.74) is 4.77. The normalized spacial score (nSPS) is 11.4. The molecule has 0 aromatic heterocycles. The van der Waals surface area contributed by atoms with Gasteiger partial charge in [-0.1, -0.05) is 50.3 Å². The molecule has 0 radical (unpaired) electrons. The molecule has 4 nitrogen and oxygen atoms in total. The van der Waals surface area contributed by atoms with Crippen LogP contribution in [0.4, 0.5) is 11.4 Å². The molecule has 0 aliphatic rings. The Hall–Kier alpha value is -3.32. The molecule has 2 aromatic rings. The molecule has 0 spiro atoms. The fourth-order valence-electron chi connectivity index (χ4n) is 2.98. The van der Waals surface area contributed by atoms with Crippen molar-refractivity contribution in [2.24, 2.45) is 9.98 Å². The molecule has 136 valence electrons. The summed E-state index contributed by atoms with van der Waals surface area (Å²) in [6, 6.07) is 11.7. The molecule has 0 saturated carbocycles. The lowest BCUT2D eigenvalue weighted by molar-refractivity contribution is 0.564. The maximum atomic E-state index is 10.7. The molecule has 0 aliphatic carbocycles. The average molecular weight is 358 g/mol. The quantitative estimate of drug-likeness (QED) is 0.469. The first kappa shape index (κ1) is 20.0. The highest BCUT2D eigenvalue weighted by Gasteiger charge is 2.24. The van der Waals surface area contributed by atoms with Crippen LogP contribution in [0.25, 0.3) is 12.2 Å². The Labute approximate surface area is 159 Å². The second kappa shape index (κ2) is 8.86. The molecule has 0 bridgehead atoms. The van der Waals surface area contributed by atoms with Gasteiger partial charge in [-0.05, 0) is 49.2 Å². The molecule has 0 N–H and O–H groups in total. The highest BCUT2D eigenvalue weighted by atomic mass is 16.1. The van der Waals surface area contributed by atoms with Crippen LogP contribution in [0.3, 0.4) is 0 Å². The van der Waals surface area contributed by atoms with E-state index in [0.29, 0.717) is 11.4 Å². The minimum atomic E-state index is -0.306. The summed E-state index contributed by atoms with van der Waals surface area (Å²) in [5.74, 6) is 0. The Morgan fingerprint density at radius 2 is 1.19 bits per heavy atom. The number of allylic oxidation sites excluding steroid dienone is 2. The molecule has 0 saturated heterocycles. The number of carbonyl (C=O) groups excluding carboxylic acids is 2. The number of hydrogen-bond donors (Lipinski definition) is 0. The zero-order valence-electron chi connectivity index (χ0n) is 16.0. The maximum absolute atomic E-state index is 10.7. The van der Waals surface area contributed by atoms with Crippen molar-refractivity contribution in [1.82, 2.24) is 0 Å². The van der Waals surface area contributed by atoms with Gasteiger partial charge in [0.2, 0.25) is 12.2 Å². The SMILES string of the molecule is C/C=C/c1cc(C(C)(C)c2ccc(N=C=O)c(/C=C/C)c2)ccc1N=C=O. The van der Waals surface area contributed by atoms with E-state index in [4.69, 9.17) is 0 Å². The van der Waals surface area contributed by atoms with Crippen LogP contribution in [-0.4, -0.2) is 12.2 Å². The van der Waals surface area contributed by atoms with E-state index in [2.05, 4.69) is 23.8 Å². The van der Waals surface area contributed by atoms with E-state index in [9.17, 15) is 9.59 Å². The summed E-state index contributed by atoms with van der Waals surface area (Å²) in [7, 11) is 0. The summed E-state index contributed by atoms with van der Waals surface area (Å²) in [6.45, 7) is 8.09. The van der Waals surface area contributed by atoms with E-state index < -0.39 is 0 Å². The molecular formula is C23H22N2O2. The van der Waals surface area contributed by atoms with Crippen molar-refractivity contribution >= 4 is 35.7 Å². The van der Waals surface area contributed by atoms with Gasteiger partial charge in [-0.25, -0.2) is 9.59 Å². The van der Waals surface area contributed by atoms with Gasteiger partial charge in [0.25, 0.3) is 0 Å². The van der Waals surface area contributed by atoms with Crippen LogP contribution in [0.1, 0.15) is 49.9 Å². The summed E-state index contributed by atoms with van der Waals surface area (Å²) >= 11 is 0. The number of rotatable bonds is 6. The highest BCUT2D eigenvalue weighted by Crippen LogP contribution is 2.36. The van der Waals surface area contributed by atoms with Crippen LogP contribution in [0.2, 0.25) is 0 Å². The van der Waals surface area contributed by atoms with Gasteiger partial charge in [-0.3, -0.25) is 0 Å².